The fourth-order valence-electron chi connectivity index (χ4n) is 2.91. The Morgan fingerprint density at radius 3 is 2.48 bits per heavy atom. The van der Waals surface area contributed by atoms with Gasteiger partial charge in [-0.15, -0.1) is 0 Å². The van der Waals surface area contributed by atoms with Crippen LogP contribution in [0.1, 0.15) is 21.7 Å². The summed E-state index contributed by atoms with van der Waals surface area (Å²) < 4.78 is 5.68. The third kappa shape index (κ3) is 3.84. The van der Waals surface area contributed by atoms with Gasteiger partial charge < -0.3 is 9.52 Å². The lowest BCUT2D eigenvalue weighted by atomic mass is 10.1. The van der Waals surface area contributed by atoms with Crippen LogP contribution < -0.4 is 5.43 Å². The van der Waals surface area contributed by atoms with Crippen LogP contribution in [0.3, 0.4) is 0 Å². The monoisotopic (exact) mass is 381 g/mol. The van der Waals surface area contributed by atoms with Crippen LogP contribution in [0.4, 0.5) is 0 Å². The van der Waals surface area contributed by atoms with Gasteiger partial charge in [0.15, 0.2) is 0 Å². The van der Waals surface area contributed by atoms with Gasteiger partial charge in [-0.25, -0.2) is 5.43 Å². The van der Waals surface area contributed by atoms with Crippen LogP contribution in [0.2, 0.25) is 0 Å². The van der Waals surface area contributed by atoms with Crippen molar-refractivity contribution in [3.05, 3.63) is 89.7 Å². The van der Waals surface area contributed by atoms with Gasteiger partial charge in [0, 0.05) is 5.56 Å². The molecule has 6 nitrogen and oxygen atoms in total. The molecule has 0 aliphatic heterocycles. The molecule has 0 unspecified atom stereocenters. The summed E-state index contributed by atoms with van der Waals surface area (Å²) in [6, 6.07) is 23.2. The number of furan rings is 1. The molecular formula is C23H15N3O3. The molecule has 0 saturated heterocycles. The predicted molar refractivity (Wildman–Crippen MR) is 110 cm³/mol. The Bertz CT molecular complexity index is 1260. The van der Waals surface area contributed by atoms with Crippen molar-refractivity contribution in [2.75, 3.05) is 0 Å². The molecule has 0 fully saturated rings. The molecule has 0 aliphatic carbocycles. The number of hydrogen-bond donors (Lipinski definition) is 2. The first-order valence-corrected chi connectivity index (χ1v) is 8.79. The van der Waals surface area contributed by atoms with Gasteiger partial charge in [-0.3, -0.25) is 4.79 Å². The second kappa shape index (κ2) is 7.71. The number of rotatable bonds is 4. The van der Waals surface area contributed by atoms with E-state index in [9.17, 15) is 9.90 Å². The fraction of sp³-hybridized carbons (Fsp3) is 0. The lowest BCUT2D eigenvalue weighted by Gasteiger charge is -2.05. The van der Waals surface area contributed by atoms with Crippen molar-refractivity contribution in [1.82, 2.24) is 5.43 Å². The van der Waals surface area contributed by atoms with Crippen molar-refractivity contribution in [3.8, 4) is 23.1 Å². The summed E-state index contributed by atoms with van der Waals surface area (Å²) in [6.07, 6.45) is 1.38. The highest BCUT2D eigenvalue weighted by Crippen LogP contribution is 2.25. The number of fused-ring (bicyclic) bond motifs is 1. The number of hydrogen-bond acceptors (Lipinski definition) is 5. The molecule has 0 atom stereocenters. The minimum Gasteiger partial charge on any atom is -0.507 e. The zero-order chi connectivity index (χ0) is 20.2. The minimum absolute atomic E-state index is 0.113. The smallest absolute Gasteiger partial charge is 0.275 e. The van der Waals surface area contributed by atoms with Gasteiger partial charge in [0.2, 0.25) is 0 Å². The van der Waals surface area contributed by atoms with Crippen LogP contribution in [0.5, 0.6) is 5.75 Å². The number of carbonyl (C=O) groups is 1. The van der Waals surface area contributed by atoms with E-state index in [2.05, 4.69) is 16.6 Å². The number of phenols is 1. The molecule has 3 aromatic carbocycles. The summed E-state index contributed by atoms with van der Waals surface area (Å²) in [7, 11) is 0. The van der Waals surface area contributed by atoms with Crippen LogP contribution in [-0.2, 0) is 0 Å². The number of nitriles is 1. The van der Waals surface area contributed by atoms with Crippen LogP contribution >= 0.6 is 0 Å². The Kier molecular flexibility index (Phi) is 4.79. The molecule has 29 heavy (non-hydrogen) atoms. The average Bonchev–Trinajstić information content (AvgIpc) is 3.22. The Morgan fingerprint density at radius 1 is 1.03 bits per heavy atom. The number of benzene rings is 3. The van der Waals surface area contributed by atoms with E-state index in [4.69, 9.17) is 9.68 Å². The van der Waals surface area contributed by atoms with Crippen molar-refractivity contribution in [1.29, 1.82) is 5.26 Å². The molecule has 140 valence electrons. The third-order valence-corrected chi connectivity index (χ3v) is 4.39. The molecule has 4 rings (SSSR count). The highest BCUT2D eigenvalue weighted by atomic mass is 16.3. The standard InChI is InChI=1S/C23H15N3O3/c24-13-15-5-7-16(8-6-15)22-10-9-19(29-22)14-25-26-23(28)20-11-17-3-1-2-4-18(17)12-21(20)27/h1-12,14,27H,(H,26,28). The van der Waals surface area contributed by atoms with Gasteiger partial charge in [-0.05, 0) is 59.3 Å². The topological polar surface area (TPSA) is 98.6 Å². The highest BCUT2D eigenvalue weighted by Gasteiger charge is 2.12. The van der Waals surface area contributed by atoms with E-state index in [0.29, 0.717) is 17.1 Å². The van der Waals surface area contributed by atoms with Gasteiger partial charge in [-0.2, -0.15) is 10.4 Å². The second-order valence-corrected chi connectivity index (χ2v) is 6.31. The molecule has 1 heterocycles. The van der Waals surface area contributed by atoms with Gasteiger partial charge in [-0.1, -0.05) is 24.3 Å². The summed E-state index contributed by atoms with van der Waals surface area (Å²) in [6.45, 7) is 0. The molecule has 0 bridgehead atoms. The highest BCUT2D eigenvalue weighted by molar-refractivity contribution is 6.01. The van der Waals surface area contributed by atoms with Crippen LogP contribution in [0.25, 0.3) is 22.1 Å². The summed E-state index contributed by atoms with van der Waals surface area (Å²) in [5.74, 6) is 0.433. The number of amides is 1. The molecule has 0 spiro atoms. The number of nitrogens with one attached hydrogen (secondary N) is 1. The second-order valence-electron chi connectivity index (χ2n) is 6.31. The van der Waals surface area contributed by atoms with Crippen LogP contribution in [0.15, 0.2) is 82.3 Å². The normalized spacial score (nSPS) is 10.9. The Balaban J connectivity index is 1.46. The fourth-order valence-corrected chi connectivity index (χ4v) is 2.91. The quantitative estimate of drug-likeness (QED) is 0.403. The van der Waals surface area contributed by atoms with E-state index < -0.39 is 5.91 Å². The van der Waals surface area contributed by atoms with Gasteiger partial charge in [0.25, 0.3) is 5.91 Å². The summed E-state index contributed by atoms with van der Waals surface area (Å²) in [4.78, 5) is 12.3. The molecule has 4 aromatic rings. The summed E-state index contributed by atoms with van der Waals surface area (Å²) in [5.41, 5.74) is 3.93. The van der Waals surface area contributed by atoms with E-state index in [-0.39, 0.29) is 11.3 Å². The maximum Gasteiger partial charge on any atom is 0.275 e. The molecule has 2 N–H and O–H groups in total. The summed E-state index contributed by atoms with van der Waals surface area (Å²) in [5, 5.41) is 24.6. The lowest BCUT2D eigenvalue weighted by Crippen LogP contribution is -2.17. The predicted octanol–water partition coefficient (Wildman–Crippen LogP) is 4.44. The minimum atomic E-state index is -0.525. The largest absolute Gasteiger partial charge is 0.507 e. The molecule has 0 saturated carbocycles. The number of hydrazone groups is 1. The zero-order valence-electron chi connectivity index (χ0n) is 15.2. The van der Waals surface area contributed by atoms with Crippen molar-refractivity contribution < 1.29 is 14.3 Å². The van der Waals surface area contributed by atoms with Crippen molar-refractivity contribution in [2.45, 2.75) is 0 Å². The molecule has 0 radical (unpaired) electrons. The molecule has 1 amide bonds. The number of carbonyl (C=O) groups excluding carboxylic acids is 1. The molecule has 1 aromatic heterocycles. The van der Waals surface area contributed by atoms with Crippen molar-refractivity contribution in [2.24, 2.45) is 5.10 Å². The third-order valence-electron chi connectivity index (χ3n) is 4.39. The lowest BCUT2D eigenvalue weighted by molar-refractivity contribution is 0.0952. The van der Waals surface area contributed by atoms with Gasteiger partial charge in [0.05, 0.1) is 23.4 Å². The Morgan fingerprint density at radius 2 is 1.76 bits per heavy atom. The number of nitrogens with zero attached hydrogens (tertiary/aromatic N) is 2. The summed E-state index contributed by atoms with van der Waals surface area (Å²) >= 11 is 0. The maximum atomic E-state index is 12.3. The van der Waals surface area contributed by atoms with E-state index in [1.807, 2.05) is 24.3 Å². The van der Waals surface area contributed by atoms with Gasteiger partial charge in [0.1, 0.15) is 17.3 Å². The van der Waals surface area contributed by atoms with E-state index >= 15 is 0 Å². The van der Waals surface area contributed by atoms with Crippen LogP contribution in [0, 0.1) is 11.3 Å². The van der Waals surface area contributed by atoms with Crippen molar-refractivity contribution >= 4 is 22.9 Å². The Hall–Kier alpha value is -4.37. The first-order valence-electron chi connectivity index (χ1n) is 8.79. The SMILES string of the molecule is N#Cc1ccc(-c2ccc(C=NNC(=O)c3cc4ccccc4cc3O)o2)cc1. The first kappa shape index (κ1) is 18.0. The average molecular weight is 381 g/mol. The van der Waals surface area contributed by atoms with E-state index in [1.165, 1.54) is 6.21 Å². The first-order chi connectivity index (χ1) is 14.1. The van der Waals surface area contributed by atoms with Gasteiger partial charge >= 0.3 is 0 Å². The molecule has 6 heteroatoms. The van der Waals surface area contributed by atoms with E-state index in [0.717, 1.165) is 16.3 Å². The maximum absolute atomic E-state index is 12.3. The number of aromatic hydroxyl groups is 1. The zero-order valence-corrected chi connectivity index (χ0v) is 15.2. The van der Waals surface area contributed by atoms with E-state index in [1.54, 1.807) is 48.5 Å². The molecular weight excluding hydrogens is 366 g/mol. The van der Waals surface area contributed by atoms with Crippen molar-refractivity contribution in [3.63, 3.8) is 0 Å². The Labute approximate surface area is 166 Å². The number of phenolic OH excluding ortho intramolecular Hbond substituents is 1. The van der Waals surface area contributed by atoms with Crippen LogP contribution in [-0.4, -0.2) is 17.2 Å². The molecule has 0 aliphatic rings.